The number of aromatic amines is 1. The second-order valence-corrected chi connectivity index (χ2v) is 7.46. The van der Waals surface area contributed by atoms with Gasteiger partial charge in [0, 0.05) is 36.1 Å². The third-order valence-corrected chi connectivity index (χ3v) is 5.27. The maximum Gasteiger partial charge on any atom is 0.156 e. The van der Waals surface area contributed by atoms with E-state index < -0.39 is 0 Å². The normalized spacial score (nSPS) is 18.5. The smallest absolute Gasteiger partial charge is 0.156 e. The van der Waals surface area contributed by atoms with E-state index in [-0.39, 0.29) is 0 Å². The molecule has 4 heterocycles. The molecule has 130 valence electrons. The molecule has 1 aliphatic rings. The monoisotopic (exact) mass is 354 g/mol. The van der Waals surface area contributed by atoms with Crippen molar-refractivity contribution in [3.63, 3.8) is 0 Å². The molecule has 0 spiro atoms. The van der Waals surface area contributed by atoms with Crippen molar-refractivity contribution < 1.29 is 0 Å². The largest absolute Gasteiger partial charge is 0.341 e. The van der Waals surface area contributed by atoms with Gasteiger partial charge in [0.2, 0.25) is 0 Å². The molecule has 25 heavy (non-hydrogen) atoms. The summed E-state index contributed by atoms with van der Waals surface area (Å²) in [6, 6.07) is 2.07. The van der Waals surface area contributed by atoms with Crippen molar-refractivity contribution >= 4 is 11.3 Å². The van der Waals surface area contributed by atoms with Gasteiger partial charge in [0.25, 0.3) is 0 Å². The van der Waals surface area contributed by atoms with E-state index in [9.17, 15) is 0 Å². The molecule has 1 atom stereocenters. The van der Waals surface area contributed by atoms with Crippen LogP contribution in [0.5, 0.6) is 0 Å². The van der Waals surface area contributed by atoms with Gasteiger partial charge in [-0.25, -0.2) is 19.9 Å². The summed E-state index contributed by atoms with van der Waals surface area (Å²) in [6.07, 6.45) is 6.96. The molecule has 4 rings (SSSR count). The fourth-order valence-electron chi connectivity index (χ4n) is 3.48. The fourth-order valence-corrected chi connectivity index (χ4v) is 4.03. The van der Waals surface area contributed by atoms with Crippen molar-refractivity contribution in [3.8, 4) is 11.5 Å². The first-order valence-electron chi connectivity index (χ1n) is 8.68. The van der Waals surface area contributed by atoms with E-state index in [0.717, 1.165) is 49.0 Å². The molecule has 7 heteroatoms. The number of H-pyrrole nitrogens is 1. The van der Waals surface area contributed by atoms with Gasteiger partial charge in [0.1, 0.15) is 12.0 Å². The minimum Gasteiger partial charge on any atom is -0.341 e. The van der Waals surface area contributed by atoms with Crippen molar-refractivity contribution in [1.29, 1.82) is 0 Å². The minimum absolute atomic E-state index is 0.633. The molecule has 1 aliphatic heterocycles. The molecule has 0 saturated carbocycles. The maximum absolute atomic E-state index is 4.48. The Morgan fingerprint density at radius 3 is 3.00 bits per heavy atom. The van der Waals surface area contributed by atoms with Crippen molar-refractivity contribution in [3.05, 3.63) is 46.6 Å². The van der Waals surface area contributed by atoms with Crippen LogP contribution < -0.4 is 0 Å². The van der Waals surface area contributed by atoms with Gasteiger partial charge in [-0.15, -0.1) is 11.3 Å². The standard InChI is InChI=1S/C18H22N6S/c1-13-7-19-18(23-13)17-6-15(20-11-21-17)5-14-3-2-4-24(8-14)9-16-10-25-12-22-16/h6-7,10-12,14H,2-5,8-9H2,1H3,(H,19,23). The van der Waals surface area contributed by atoms with Gasteiger partial charge >= 0.3 is 0 Å². The van der Waals surface area contributed by atoms with E-state index >= 15 is 0 Å². The van der Waals surface area contributed by atoms with Crippen LogP contribution in [0.3, 0.4) is 0 Å². The molecule has 0 amide bonds. The first kappa shape index (κ1) is 16.4. The molecule has 1 saturated heterocycles. The molecule has 3 aromatic heterocycles. The van der Waals surface area contributed by atoms with Crippen LogP contribution in [0.4, 0.5) is 0 Å². The van der Waals surface area contributed by atoms with E-state index in [0.29, 0.717) is 5.92 Å². The molecule has 1 N–H and O–H groups in total. The number of imidazole rings is 1. The number of aromatic nitrogens is 5. The SMILES string of the molecule is Cc1cnc(-c2cc(CC3CCCN(Cc4cscn4)C3)ncn2)[nH]1. The van der Waals surface area contributed by atoms with Crippen molar-refractivity contribution in [2.45, 2.75) is 32.7 Å². The summed E-state index contributed by atoms with van der Waals surface area (Å²) in [4.78, 5) is 23.4. The Kier molecular flexibility index (Phi) is 4.85. The number of likely N-dealkylation sites (tertiary alicyclic amines) is 1. The molecule has 0 bridgehead atoms. The van der Waals surface area contributed by atoms with Gasteiger partial charge in [-0.1, -0.05) is 0 Å². The Labute approximate surface area is 151 Å². The van der Waals surface area contributed by atoms with Crippen LogP contribution in [0.25, 0.3) is 11.5 Å². The highest BCUT2D eigenvalue weighted by molar-refractivity contribution is 7.07. The average molecular weight is 354 g/mol. The number of nitrogens with zero attached hydrogens (tertiary/aromatic N) is 5. The van der Waals surface area contributed by atoms with Crippen LogP contribution in [0.1, 0.15) is 29.9 Å². The summed E-state index contributed by atoms with van der Waals surface area (Å²) in [5, 5.41) is 2.14. The lowest BCUT2D eigenvalue weighted by Gasteiger charge is -2.32. The zero-order valence-corrected chi connectivity index (χ0v) is 15.2. The van der Waals surface area contributed by atoms with Crippen molar-refractivity contribution in [2.75, 3.05) is 13.1 Å². The zero-order valence-electron chi connectivity index (χ0n) is 14.4. The summed E-state index contributed by atoms with van der Waals surface area (Å²) in [5.41, 5.74) is 6.10. The van der Waals surface area contributed by atoms with Gasteiger partial charge in [0.05, 0.1) is 11.2 Å². The molecule has 1 fully saturated rings. The molecule has 1 unspecified atom stereocenters. The Hall–Kier alpha value is -2.12. The first-order valence-corrected chi connectivity index (χ1v) is 9.63. The lowest BCUT2D eigenvalue weighted by molar-refractivity contribution is 0.165. The predicted molar refractivity (Wildman–Crippen MR) is 98.2 cm³/mol. The van der Waals surface area contributed by atoms with E-state index in [2.05, 4.69) is 41.3 Å². The second kappa shape index (κ2) is 7.41. The number of thiazole rings is 1. The molecular formula is C18H22N6S. The van der Waals surface area contributed by atoms with Gasteiger partial charge in [0.15, 0.2) is 5.82 Å². The van der Waals surface area contributed by atoms with Crippen LogP contribution in [-0.4, -0.2) is 42.9 Å². The Bertz CT molecular complexity index is 813. The molecule has 0 aliphatic carbocycles. The molecule has 6 nitrogen and oxygen atoms in total. The number of nitrogens with one attached hydrogen (secondary N) is 1. The molecule has 0 aromatic carbocycles. The fraction of sp³-hybridized carbons (Fsp3) is 0.444. The van der Waals surface area contributed by atoms with Gasteiger partial charge in [-0.2, -0.15) is 0 Å². The number of piperidine rings is 1. The van der Waals surface area contributed by atoms with Crippen molar-refractivity contribution in [1.82, 2.24) is 29.8 Å². The topological polar surface area (TPSA) is 70.6 Å². The maximum atomic E-state index is 4.48. The Morgan fingerprint density at radius 1 is 1.24 bits per heavy atom. The summed E-state index contributed by atoms with van der Waals surface area (Å²) in [6.45, 7) is 5.23. The predicted octanol–water partition coefficient (Wildman–Crippen LogP) is 3.09. The third-order valence-electron chi connectivity index (χ3n) is 4.64. The van der Waals surface area contributed by atoms with Gasteiger partial charge < -0.3 is 4.98 Å². The van der Waals surface area contributed by atoms with Crippen molar-refractivity contribution in [2.24, 2.45) is 5.92 Å². The first-order chi connectivity index (χ1) is 12.3. The minimum atomic E-state index is 0.633. The average Bonchev–Trinajstić information content (AvgIpc) is 3.27. The van der Waals surface area contributed by atoms with Crippen LogP contribution in [0, 0.1) is 12.8 Å². The van der Waals surface area contributed by atoms with E-state index in [4.69, 9.17) is 0 Å². The summed E-state index contributed by atoms with van der Waals surface area (Å²) in [7, 11) is 0. The summed E-state index contributed by atoms with van der Waals surface area (Å²) < 4.78 is 0. The number of hydrogen-bond donors (Lipinski definition) is 1. The highest BCUT2D eigenvalue weighted by Gasteiger charge is 2.21. The van der Waals surface area contributed by atoms with Crippen LogP contribution in [0.2, 0.25) is 0 Å². The highest BCUT2D eigenvalue weighted by Crippen LogP contribution is 2.23. The zero-order chi connectivity index (χ0) is 17.1. The Balaban J connectivity index is 1.41. The number of rotatable bonds is 5. The summed E-state index contributed by atoms with van der Waals surface area (Å²) in [5.74, 6) is 1.45. The highest BCUT2D eigenvalue weighted by atomic mass is 32.1. The lowest BCUT2D eigenvalue weighted by Crippen LogP contribution is -2.35. The van der Waals surface area contributed by atoms with E-state index in [1.54, 1.807) is 17.7 Å². The molecule has 3 aromatic rings. The van der Waals surface area contributed by atoms with Gasteiger partial charge in [-0.05, 0) is 44.7 Å². The molecular weight excluding hydrogens is 332 g/mol. The van der Waals surface area contributed by atoms with Crippen LogP contribution in [0.15, 0.2) is 29.5 Å². The lowest BCUT2D eigenvalue weighted by atomic mass is 9.93. The number of aryl methyl sites for hydroxylation is 1. The number of hydrogen-bond acceptors (Lipinski definition) is 6. The van der Waals surface area contributed by atoms with E-state index in [1.165, 1.54) is 18.5 Å². The second-order valence-electron chi connectivity index (χ2n) is 6.74. The molecule has 0 radical (unpaired) electrons. The van der Waals surface area contributed by atoms with Gasteiger partial charge in [-0.3, -0.25) is 4.90 Å². The van der Waals surface area contributed by atoms with E-state index in [1.807, 2.05) is 18.6 Å². The quantitative estimate of drug-likeness (QED) is 0.762. The Morgan fingerprint density at radius 2 is 2.20 bits per heavy atom. The van der Waals surface area contributed by atoms with Crippen LogP contribution >= 0.6 is 11.3 Å². The third kappa shape index (κ3) is 4.11. The summed E-state index contributed by atoms with van der Waals surface area (Å²) >= 11 is 1.67. The van der Waals surface area contributed by atoms with Crippen LogP contribution in [-0.2, 0) is 13.0 Å².